The minimum absolute atomic E-state index is 0.156. The minimum Gasteiger partial charge on any atom is -0.381 e. The van der Waals surface area contributed by atoms with Gasteiger partial charge in [0.05, 0.1) is 6.04 Å². The van der Waals surface area contributed by atoms with E-state index in [1.807, 2.05) is 4.90 Å². The van der Waals surface area contributed by atoms with Crippen LogP contribution in [0.25, 0.3) is 0 Å². The van der Waals surface area contributed by atoms with E-state index < -0.39 is 0 Å². The molecule has 132 valence electrons. The second-order valence-corrected chi connectivity index (χ2v) is 7.27. The van der Waals surface area contributed by atoms with Crippen molar-refractivity contribution in [3.05, 3.63) is 35.9 Å². The lowest BCUT2D eigenvalue weighted by atomic mass is 9.88. The van der Waals surface area contributed by atoms with E-state index in [2.05, 4.69) is 30.3 Å². The predicted octanol–water partition coefficient (Wildman–Crippen LogP) is 2.61. The molecule has 0 bridgehead atoms. The first-order valence-corrected chi connectivity index (χ1v) is 9.40. The molecule has 4 heteroatoms. The molecule has 1 aromatic rings. The zero-order chi connectivity index (χ0) is 16.8. The topological polar surface area (TPSA) is 55.6 Å². The Morgan fingerprint density at radius 2 is 1.79 bits per heavy atom. The number of carbonyl (C=O) groups excluding carboxylic acids is 1. The van der Waals surface area contributed by atoms with Gasteiger partial charge >= 0.3 is 0 Å². The summed E-state index contributed by atoms with van der Waals surface area (Å²) in [6, 6.07) is 10.3. The number of ether oxygens (including phenoxy) is 1. The summed E-state index contributed by atoms with van der Waals surface area (Å²) in [5.41, 5.74) is 7.66. The van der Waals surface area contributed by atoms with Crippen LogP contribution in [0.4, 0.5) is 0 Å². The highest BCUT2D eigenvalue weighted by atomic mass is 16.5. The van der Waals surface area contributed by atoms with Crippen LogP contribution in [0, 0.1) is 11.8 Å². The largest absolute Gasteiger partial charge is 0.381 e. The van der Waals surface area contributed by atoms with Gasteiger partial charge in [0.1, 0.15) is 0 Å². The quantitative estimate of drug-likeness (QED) is 0.903. The lowest BCUT2D eigenvalue weighted by Gasteiger charge is -2.36. The average molecular weight is 330 g/mol. The third-order valence-corrected chi connectivity index (χ3v) is 5.67. The highest BCUT2D eigenvalue weighted by Gasteiger charge is 2.31. The number of nitrogens with zero attached hydrogens (tertiary/aromatic N) is 1. The summed E-state index contributed by atoms with van der Waals surface area (Å²) in [7, 11) is 0. The fourth-order valence-corrected chi connectivity index (χ4v) is 3.94. The van der Waals surface area contributed by atoms with Crippen molar-refractivity contribution >= 4 is 5.91 Å². The number of piperidine rings is 1. The number of benzene rings is 1. The highest BCUT2D eigenvalue weighted by Crippen LogP contribution is 2.25. The molecule has 2 N–H and O–H groups in total. The molecule has 1 amide bonds. The summed E-state index contributed by atoms with van der Waals surface area (Å²) >= 11 is 0. The zero-order valence-corrected chi connectivity index (χ0v) is 14.5. The molecule has 2 heterocycles. The molecule has 0 aliphatic carbocycles. The van der Waals surface area contributed by atoms with Gasteiger partial charge in [-0.15, -0.1) is 0 Å². The summed E-state index contributed by atoms with van der Waals surface area (Å²) < 4.78 is 5.37. The molecular weight excluding hydrogens is 300 g/mol. The van der Waals surface area contributed by atoms with Gasteiger partial charge in [-0.2, -0.15) is 0 Å². The average Bonchev–Trinajstić information content (AvgIpc) is 2.67. The number of amides is 1. The van der Waals surface area contributed by atoms with Crippen LogP contribution >= 0.6 is 0 Å². The van der Waals surface area contributed by atoms with Crippen LogP contribution in [-0.2, 0) is 16.0 Å². The first-order chi connectivity index (χ1) is 11.7. The number of rotatable bonds is 5. The van der Waals surface area contributed by atoms with Gasteiger partial charge in [0.2, 0.25) is 5.91 Å². The lowest BCUT2D eigenvalue weighted by Crippen LogP contribution is -2.51. The minimum atomic E-state index is -0.338. The molecule has 2 saturated heterocycles. The number of hydrogen-bond acceptors (Lipinski definition) is 3. The van der Waals surface area contributed by atoms with E-state index in [9.17, 15) is 4.79 Å². The van der Waals surface area contributed by atoms with Crippen LogP contribution in [0.15, 0.2) is 30.3 Å². The molecular formula is C20H30N2O2. The summed E-state index contributed by atoms with van der Waals surface area (Å²) in [6.45, 7) is 3.23. The highest BCUT2D eigenvalue weighted by molar-refractivity contribution is 5.82. The van der Waals surface area contributed by atoms with Crippen molar-refractivity contribution in [1.82, 2.24) is 4.90 Å². The first kappa shape index (κ1) is 17.4. The van der Waals surface area contributed by atoms with Crippen molar-refractivity contribution in [2.75, 3.05) is 26.3 Å². The molecule has 0 spiro atoms. The van der Waals surface area contributed by atoms with Gasteiger partial charge in [-0.25, -0.2) is 0 Å². The van der Waals surface area contributed by atoms with E-state index in [1.54, 1.807) is 0 Å². The Bertz CT molecular complexity index is 506. The fraction of sp³-hybridized carbons (Fsp3) is 0.650. The van der Waals surface area contributed by atoms with Gasteiger partial charge in [-0.3, -0.25) is 4.79 Å². The fourth-order valence-electron chi connectivity index (χ4n) is 3.94. The van der Waals surface area contributed by atoms with Gasteiger partial charge in [0.25, 0.3) is 0 Å². The van der Waals surface area contributed by atoms with Crippen LogP contribution in [-0.4, -0.2) is 43.2 Å². The van der Waals surface area contributed by atoms with Crippen LogP contribution in [0.3, 0.4) is 0 Å². The first-order valence-electron chi connectivity index (χ1n) is 9.40. The monoisotopic (exact) mass is 330 g/mol. The number of likely N-dealkylation sites (tertiary alicyclic amines) is 1. The van der Waals surface area contributed by atoms with Gasteiger partial charge in [-0.1, -0.05) is 30.3 Å². The predicted molar refractivity (Wildman–Crippen MR) is 95.6 cm³/mol. The molecule has 3 rings (SSSR count). The van der Waals surface area contributed by atoms with Crippen molar-refractivity contribution in [1.29, 1.82) is 0 Å². The van der Waals surface area contributed by atoms with Crippen molar-refractivity contribution in [2.45, 2.75) is 44.6 Å². The van der Waals surface area contributed by atoms with E-state index >= 15 is 0 Å². The third kappa shape index (κ3) is 4.58. The normalized spacial score (nSPS) is 21.6. The van der Waals surface area contributed by atoms with Gasteiger partial charge < -0.3 is 15.4 Å². The maximum Gasteiger partial charge on any atom is 0.239 e. The SMILES string of the molecule is NC(C(=O)N1CCC(CCc2ccccc2)CC1)C1CCOCC1. The Morgan fingerprint density at radius 1 is 1.12 bits per heavy atom. The molecule has 1 atom stereocenters. The maximum absolute atomic E-state index is 12.6. The smallest absolute Gasteiger partial charge is 0.239 e. The van der Waals surface area contributed by atoms with Crippen molar-refractivity contribution < 1.29 is 9.53 Å². The molecule has 2 aliphatic rings. The summed E-state index contributed by atoms with van der Waals surface area (Å²) in [6.07, 6.45) is 6.41. The number of nitrogens with two attached hydrogens (primary N) is 1. The van der Waals surface area contributed by atoms with E-state index in [1.165, 1.54) is 12.0 Å². The molecule has 2 fully saturated rings. The van der Waals surface area contributed by atoms with Crippen molar-refractivity contribution in [2.24, 2.45) is 17.6 Å². The van der Waals surface area contributed by atoms with E-state index in [0.717, 1.165) is 64.3 Å². The number of hydrogen-bond donors (Lipinski definition) is 1. The summed E-state index contributed by atoms with van der Waals surface area (Å²) in [5.74, 6) is 1.18. The maximum atomic E-state index is 12.6. The van der Waals surface area contributed by atoms with Crippen LogP contribution in [0.1, 0.15) is 37.7 Å². The molecule has 0 saturated carbocycles. The number of carbonyl (C=O) groups is 1. The van der Waals surface area contributed by atoms with Gasteiger partial charge in [-0.05, 0) is 55.9 Å². The van der Waals surface area contributed by atoms with E-state index in [0.29, 0.717) is 5.92 Å². The van der Waals surface area contributed by atoms with Crippen molar-refractivity contribution in [3.63, 3.8) is 0 Å². The third-order valence-electron chi connectivity index (χ3n) is 5.67. The molecule has 4 nitrogen and oxygen atoms in total. The lowest BCUT2D eigenvalue weighted by molar-refractivity contribution is -0.136. The number of aryl methyl sites for hydroxylation is 1. The van der Waals surface area contributed by atoms with Crippen molar-refractivity contribution in [3.8, 4) is 0 Å². The molecule has 0 radical (unpaired) electrons. The van der Waals surface area contributed by atoms with E-state index in [4.69, 9.17) is 10.5 Å². The summed E-state index contributed by atoms with van der Waals surface area (Å²) in [4.78, 5) is 14.6. The second-order valence-electron chi connectivity index (χ2n) is 7.27. The van der Waals surface area contributed by atoms with Gasteiger partial charge in [0.15, 0.2) is 0 Å². The van der Waals surface area contributed by atoms with Gasteiger partial charge in [0, 0.05) is 26.3 Å². The molecule has 1 unspecified atom stereocenters. The summed E-state index contributed by atoms with van der Waals surface area (Å²) in [5, 5.41) is 0. The second kappa shape index (κ2) is 8.63. The van der Waals surface area contributed by atoms with E-state index in [-0.39, 0.29) is 11.9 Å². The zero-order valence-electron chi connectivity index (χ0n) is 14.5. The van der Waals surface area contributed by atoms with Crippen LogP contribution in [0.2, 0.25) is 0 Å². The Hall–Kier alpha value is -1.39. The Labute approximate surface area is 145 Å². The molecule has 1 aromatic carbocycles. The Morgan fingerprint density at radius 3 is 2.46 bits per heavy atom. The molecule has 24 heavy (non-hydrogen) atoms. The standard InChI is InChI=1S/C20H30N2O2/c21-19(18-10-14-24-15-11-18)20(23)22-12-8-17(9-13-22)7-6-16-4-2-1-3-5-16/h1-5,17-19H,6-15,21H2. The van der Waals surface area contributed by atoms with Crippen LogP contribution in [0.5, 0.6) is 0 Å². The Balaban J connectivity index is 1.41. The van der Waals surface area contributed by atoms with Crippen LogP contribution < -0.4 is 5.73 Å². The Kier molecular flexibility index (Phi) is 6.27. The molecule has 0 aromatic heterocycles. The molecule has 2 aliphatic heterocycles.